The van der Waals surface area contributed by atoms with Crippen molar-refractivity contribution >= 4 is 0 Å². The van der Waals surface area contributed by atoms with Crippen LogP contribution in [0.1, 0.15) is 27.2 Å². The van der Waals surface area contributed by atoms with Crippen molar-refractivity contribution in [3.05, 3.63) is 0 Å². The molecule has 0 radical (unpaired) electrons. The van der Waals surface area contributed by atoms with E-state index in [2.05, 4.69) is 38.0 Å². The number of hydrogen-bond donors (Lipinski definition) is 1. The van der Waals surface area contributed by atoms with Crippen LogP contribution in [0.4, 0.5) is 0 Å². The molecule has 1 heterocycles. The van der Waals surface area contributed by atoms with Crippen molar-refractivity contribution in [3.63, 3.8) is 0 Å². The highest BCUT2D eigenvalue weighted by Gasteiger charge is 2.22. The highest BCUT2D eigenvalue weighted by Crippen LogP contribution is 2.17. The lowest BCUT2D eigenvalue weighted by atomic mass is 9.95. The number of nitrogens with zero attached hydrogens (tertiary/aromatic N) is 1. The number of nitrogens with one attached hydrogen (secondary N) is 1. The van der Waals surface area contributed by atoms with Gasteiger partial charge in [0.2, 0.25) is 0 Å². The number of hydrogen-bond acceptors (Lipinski definition) is 2. The molecule has 1 atom stereocenters. The van der Waals surface area contributed by atoms with Crippen molar-refractivity contribution in [2.75, 3.05) is 26.7 Å². The summed E-state index contributed by atoms with van der Waals surface area (Å²) in [7, 11) is 2.24. The van der Waals surface area contributed by atoms with Gasteiger partial charge in [0.25, 0.3) is 0 Å². The zero-order valence-electron chi connectivity index (χ0n) is 8.85. The zero-order valence-corrected chi connectivity index (χ0v) is 8.85. The average molecular weight is 170 g/mol. The van der Waals surface area contributed by atoms with E-state index >= 15 is 0 Å². The van der Waals surface area contributed by atoms with Crippen molar-refractivity contribution in [2.45, 2.75) is 33.2 Å². The van der Waals surface area contributed by atoms with Crippen LogP contribution in [0.5, 0.6) is 0 Å². The standard InChI is InChI=1S/C10H22N2/c1-10(2,3)8-12(4)9-5-6-11-7-9/h9,11H,5-8H2,1-4H3. The SMILES string of the molecule is CN(CC(C)(C)C)C1CCNC1. The molecule has 1 aliphatic rings. The van der Waals surface area contributed by atoms with Gasteiger partial charge in [0.1, 0.15) is 0 Å². The van der Waals surface area contributed by atoms with Crippen LogP contribution in [0.25, 0.3) is 0 Å². The van der Waals surface area contributed by atoms with Crippen LogP contribution < -0.4 is 5.32 Å². The first-order valence-corrected chi connectivity index (χ1v) is 4.90. The van der Waals surface area contributed by atoms with Gasteiger partial charge in [-0.05, 0) is 25.4 Å². The van der Waals surface area contributed by atoms with E-state index in [1.807, 2.05) is 0 Å². The molecule has 1 fully saturated rings. The van der Waals surface area contributed by atoms with Gasteiger partial charge in [-0.1, -0.05) is 20.8 Å². The minimum atomic E-state index is 0.428. The molecule has 1 N–H and O–H groups in total. The smallest absolute Gasteiger partial charge is 0.0229 e. The Bertz CT molecular complexity index is 131. The zero-order chi connectivity index (χ0) is 9.19. The van der Waals surface area contributed by atoms with E-state index in [1.165, 1.54) is 26.1 Å². The van der Waals surface area contributed by atoms with Crippen LogP contribution in [0.2, 0.25) is 0 Å². The minimum absolute atomic E-state index is 0.428. The van der Waals surface area contributed by atoms with Gasteiger partial charge >= 0.3 is 0 Å². The third kappa shape index (κ3) is 3.11. The second-order valence-electron chi connectivity index (χ2n) is 5.12. The summed E-state index contributed by atoms with van der Waals surface area (Å²) in [5.41, 5.74) is 0.428. The molecule has 0 amide bonds. The molecule has 1 rings (SSSR count). The van der Waals surface area contributed by atoms with E-state index in [0.717, 1.165) is 6.04 Å². The summed E-state index contributed by atoms with van der Waals surface area (Å²) >= 11 is 0. The molecule has 1 unspecified atom stereocenters. The third-order valence-corrected chi connectivity index (χ3v) is 2.38. The molecular formula is C10H22N2. The van der Waals surface area contributed by atoms with Gasteiger partial charge in [-0.3, -0.25) is 0 Å². The first-order chi connectivity index (χ1) is 5.49. The molecule has 0 saturated carbocycles. The van der Waals surface area contributed by atoms with Crippen LogP contribution in [0.3, 0.4) is 0 Å². The van der Waals surface area contributed by atoms with Gasteiger partial charge in [-0.2, -0.15) is 0 Å². The van der Waals surface area contributed by atoms with Gasteiger partial charge < -0.3 is 10.2 Å². The van der Waals surface area contributed by atoms with Gasteiger partial charge in [0, 0.05) is 19.1 Å². The second kappa shape index (κ2) is 3.75. The van der Waals surface area contributed by atoms with Gasteiger partial charge in [-0.15, -0.1) is 0 Å². The Labute approximate surface area is 76.3 Å². The molecule has 72 valence electrons. The fraction of sp³-hybridized carbons (Fsp3) is 1.00. The Morgan fingerprint density at radius 2 is 2.08 bits per heavy atom. The van der Waals surface area contributed by atoms with E-state index < -0.39 is 0 Å². The first kappa shape index (κ1) is 10.0. The summed E-state index contributed by atoms with van der Waals surface area (Å²) in [5.74, 6) is 0. The molecule has 0 aromatic carbocycles. The van der Waals surface area contributed by atoms with Crippen molar-refractivity contribution in [1.82, 2.24) is 10.2 Å². The Balaban J connectivity index is 2.31. The molecule has 1 aliphatic heterocycles. The normalized spacial score (nSPS) is 25.2. The van der Waals surface area contributed by atoms with Crippen molar-refractivity contribution < 1.29 is 0 Å². The molecule has 0 aromatic heterocycles. The Morgan fingerprint density at radius 1 is 1.42 bits per heavy atom. The predicted octanol–water partition coefficient (Wildman–Crippen LogP) is 1.33. The summed E-state index contributed by atoms with van der Waals surface area (Å²) in [6.45, 7) is 10.5. The quantitative estimate of drug-likeness (QED) is 0.672. The van der Waals surface area contributed by atoms with E-state index in [-0.39, 0.29) is 0 Å². The van der Waals surface area contributed by atoms with Crippen LogP contribution in [0.15, 0.2) is 0 Å². The molecule has 0 aliphatic carbocycles. The van der Waals surface area contributed by atoms with Crippen molar-refractivity contribution in [3.8, 4) is 0 Å². The Morgan fingerprint density at radius 3 is 2.50 bits per heavy atom. The molecule has 0 bridgehead atoms. The lowest BCUT2D eigenvalue weighted by Gasteiger charge is -2.30. The lowest BCUT2D eigenvalue weighted by molar-refractivity contribution is 0.181. The Kier molecular flexibility index (Phi) is 3.13. The highest BCUT2D eigenvalue weighted by molar-refractivity contribution is 4.80. The predicted molar refractivity (Wildman–Crippen MR) is 53.4 cm³/mol. The molecular weight excluding hydrogens is 148 g/mol. The second-order valence-corrected chi connectivity index (χ2v) is 5.12. The van der Waals surface area contributed by atoms with E-state index in [1.54, 1.807) is 0 Å². The van der Waals surface area contributed by atoms with Crippen molar-refractivity contribution in [2.24, 2.45) is 5.41 Å². The van der Waals surface area contributed by atoms with Crippen LogP contribution in [-0.2, 0) is 0 Å². The molecule has 0 aromatic rings. The van der Waals surface area contributed by atoms with E-state index in [9.17, 15) is 0 Å². The topological polar surface area (TPSA) is 15.3 Å². The third-order valence-electron chi connectivity index (χ3n) is 2.38. The molecule has 1 saturated heterocycles. The maximum Gasteiger partial charge on any atom is 0.0229 e. The fourth-order valence-corrected chi connectivity index (χ4v) is 1.89. The molecule has 12 heavy (non-hydrogen) atoms. The van der Waals surface area contributed by atoms with Gasteiger partial charge in [0.15, 0.2) is 0 Å². The molecule has 2 nitrogen and oxygen atoms in total. The Hall–Kier alpha value is -0.0800. The highest BCUT2D eigenvalue weighted by atomic mass is 15.2. The van der Waals surface area contributed by atoms with Crippen LogP contribution >= 0.6 is 0 Å². The van der Waals surface area contributed by atoms with Gasteiger partial charge in [0.05, 0.1) is 0 Å². The summed E-state index contributed by atoms with van der Waals surface area (Å²) < 4.78 is 0. The lowest BCUT2D eigenvalue weighted by Crippen LogP contribution is -2.38. The van der Waals surface area contributed by atoms with Crippen molar-refractivity contribution in [1.29, 1.82) is 0 Å². The fourth-order valence-electron chi connectivity index (χ4n) is 1.89. The number of rotatable bonds is 2. The largest absolute Gasteiger partial charge is 0.315 e. The summed E-state index contributed by atoms with van der Waals surface area (Å²) in [4.78, 5) is 2.49. The minimum Gasteiger partial charge on any atom is -0.315 e. The first-order valence-electron chi connectivity index (χ1n) is 4.90. The van der Waals surface area contributed by atoms with Gasteiger partial charge in [-0.25, -0.2) is 0 Å². The summed E-state index contributed by atoms with van der Waals surface area (Å²) in [5, 5.41) is 3.40. The maximum absolute atomic E-state index is 3.40. The molecule has 2 heteroatoms. The summed E-state index contributed by atoms with van der Waals surface area (Å²) in [6, 6.07) is 0.768. The molecule has 0 spiro atoms. The number of likely N-dealkylation sites (N-methyl/N-ethyl adjacent to an activating group) is 1. The van der Waals surface area contributed by atoms with E-state index in [4.69, 9.17) is 0 Å². The average Bonchev–Trinajstić information content (AvgIpc) is 2.32. The monoisotopic (exact) mass is 170 g/mol. The van der Waals surface area contributed by atoms with E-state index in [0.29, 0.717) is 5.41 Å². The maximum atomic E-state index is 3.40. The van der Waals surface area contributed by atoms with Crippen LogP contribution in [-0.4, -0.2) is 37.6 Å². The summed E-state index contributed by atoms with van der Waals surface area (Å²) in [6.07, 6.45) is 1.31. The van der Waals surface area contributed by atoms with Crippen LogP contribution in [0, 0.1) is 5.41 Å².